The first kappa shape index (κ1) is 17.5. The maximum atomic E-state index is 2.31. The molecule has 1 aliphatic carbocycles. The number of benzene rings is 3. The van der Waals surface area contributed by atoms with Crippen molar-refractivity contribution in [2.75, 3.05) is 0 Å². The van der Waals surface area contributed by atoms with E-state index >= 15 is 0 Å². The lowest BCUT2D eigenvalue weighted by Gasteiger charge is -2.07. The van der Waals surface area contributed by atoms with Crippen LogP contribution in [-0.2, 0) is 6.42 Å². The van der Waals surface area contributed by atoms with Gasteiger partial charge in [-0.05, 0) is 51.3 Å². The average Bonchev–Trinajstić information content (AvgIpc) is 3.09. The Morgan fingerprint density at radius 3 is 2.04 bits per heavy atom. The molecule has 0 saturated carbocycles. The average molecular weight is 328 g/mol. The van der Waals surface area contributed by atoms with Crippen molar-refractivity contribution in [2.24, 2.45) is 0 Å². The Morgan fingerprint density at radius 2 is 1.32 bits per heavy atom. The quantitative estimate of drug-likeness (QED) is 0.461. The molecule has 0 bridgehead atoms. The van der Waals surface area contributed by atoms with E-state index in [9.17, 15) is 0 Å². The van der Waals surface area contributed by atoms with E-state index in [-0.39, 0.29) is 0 Å². The van der Waals surface area contributed by atoms with E-state index in [4.69, 9.17) is 0 Å². The standard InChI is InChI=1S/C13H14.C12H14/c1-10(2)12-8-7-11-5-3-4-6-13(11)9-12;1-9(2)11-7-6-10-4-3-5-12(10)8-11/h3-10H,1-2H3;3,5-9H,4H2,1-2H3. The highest BCUT2D eigenvalue weighted by molar-refractivity contribution is 5.83. The van der Waals surface area contributed by atoms with Crippen LogP contribution in [0.3, 0.4) is 0 Å². The molecule has 0 N–H and O–H groups in total. The molecule has 0 radical (unpaired) electrons. The minimum Gasteiger partial charge on any atom is -0.0795 e. The Hall–Kier alpha value is -2.34. The summed E-state index contributed by atoms with van der Waals surface area (Å²) in [7, 11) is 0. The summed E-state index contributed by atoms with van der Waals surface area (Å²) < 4.78 is 0. The van der Waals surface area contributed by atoms with Crippen LogP contribution < -0.4 is 0 Å². The summed E-state index contributed by atoms with van der Waals surface area (Å²) >= 11 is 0. The van der Waals surface area contributed by atoms with Gasteiger partial charge in [0.15, 0.2) is 0 Å². The summed E-state index contributed by atoms with van der Waals surface area (Å²) in [6, 6.07) is 22.0. The van der Waals surface area contributed by atoms with Crippen molar-refractivity contribution in [2.45, 2.75) is 46.0 Å². The smallest absolute Gasteiger partial charge is 0.00882 e. The molecule has 25 heavy (non-hydrogen) atoms. The van der Waals surface area contributed by atoms with Gasteiger partial charge in [-0.3, -0.25) is 0 Å². The fraction of sp³-hybridized carbons (Fsp3) is 0.280. The molecule has 0 spiro atoms. The van der Waals surface area contributed by atoms with Crippen LogP contribution in [0.5, 0.6) is 0 Å². The molecule has 0 heterocycles. The zero-order valence-corrected chi connectivity index (χ0v) is 15.8. The Kier molecular flexibility index (Phi) is 5.38. The molecule has 0 atom stereocenters. The van der Waals surface area contributed by atoms with Crippen LogP contribution in [-0.4, -0.2) is 0 Å². The van der Waals surface area contributed by atoms with Gasteiger partial charge < -0.3 is 0 Å². The third-order valence-electron chi connectivity index (χ3n) is 4.91. The molecule has 0 nitrogen and oxygen atoms in total. The predicted molar refractivity (Wildman–Crippen MR) is 111 cm³/mol. The third kappa shape index (κ3) is 4.20. The van der Waals surface area contributed by atoms with E-state index in [1.807, 2.05) is 0 Å². The van der Waals surface area contributed by atoms with Gasteiger partial charge in [0.25, 0.3) is 0 Å². The van der Waals surface area contributed by atoms with Gasteiger partial charge in [-0.1, -0.05) is 101 Å². The molecule has 3 aromatic carbocycles. The first-order chi connectivity index (χ1) is 12.0. The van der Waals surface area contributed by atoms with E-state index in [1.165, 1.54) is 33.0 Å². The fourth-order valence-corrected chi connectivity index (χ4v) is 3.19. The van der Waals surface area contributed by atoms with Gasteiger partial charge in [0.2, 0.25) is 0 Å². The first-order valence-corrected chi connectivity index (χ1v) is 9.32. The van der Waals surface area contributed by atoms with Crippen LogP contribution in [0.1, 0.15) is 61.8 Å². The van der Waals surface area contributed by atoms with E-state index in [0.29, 0.717) is 11.8 Å². The Labute approximate surface area is 152 Å². The van der Waals surface area contributed by atoms with E-state index in [0.717, 1.165) is 6.42 Å². The number of hydrogen-bond acceptors (Lipinski definition) is 0. The van der Waals surface area contributed by atoms with Crippen LogP contribution in [0.2, 0.25) is 0 Å². The second-order valence-electron chi connectivity index (χ2n) is 7.48. The molecule has 0 aliphatic heterocycles. The molecule has 0 unspecified atom stereocenters. The first-order valence-electron chi connectivity index (χ1n) is 9.32. The van der Waals surface area contributed by atoms with E-state index in [2.05, 4.69) is 101 Å². The molecule has 0 fully saturated rings. The molecule has 128 valence electrons. The largest absolute Gasteiger partial charge is 0.0795 e. The number of rotatable bonds is 2. The summed E-state index contributed by atoms with van der Waals surface area (Å²) in [6.45, 7) is 8.93. The minimum absolute atomic E-state index is 0.615. The lowest BCUT2D eigenvalue weighted by molar-refractivity contribution is 0.865. The molecular formula is C25H28. The highest BCUT2D eigenvalue weighted by Gasteiger charge is 2.06. The summed E-state index contributed by atoms with van der Waals surface area (Å²) in [6.07, 6.45) is 5.57. The summed E-state index contributed by atoms with van der Waals surface area (Å²) in [5.41, 5.74) is 5.75. The topological polar surface area (TPSA) is 0 Å². The Balaban J connectivity index is 0.000000146. The summed E-state index contributed by atoms with van der Waals surface area (Å²) in [4.78, 5) is 0. The second kappa shape index (κ2) is 7.70. The van der Waals surface area contributed by atoms with Gasteiger partial charge >= 0.3 is 0 Å². The maximum absolute atomic E-state index is 2.31. The molecule has 0 amide bonds. The van der Waals surface area contributed by atoms with Crippen LogP contribution in [0.15, 0.2) is 66.7 Å². The van der Waals surface area contributed by atoms with Crippen molar-refractivity contribution in [3.05, 3.63) is 89.0 Å². The SMILES string of the molecule is CC(C)c1ccc2c(c1)C=CC2.CC(C)c1ccc2ccccc2c1. The molecule has 4 rings (SSSR count). The molecule has 0 saturated heterocycles. The van der Waals surface area contributed by atoms with Crippen molar-refractivity contribution in [3.63, 3.8) is 0 Å². The van der Waals surface area contributed by atoms with Crippen molar-refractivity contribution in [3.8, 4) is 0 Å². The molecule has 3 aromatic rings. The molecule has 0 heteroatoms. The highest BCUT2D eigenvalue weighted by atomic mass is 14.1. The van der Waals surface area contributed by atoms with Crippen molar-refractivity contribution in [1.82, 2.24) is 0 Å². The monoisotopic (exact) mass is 328 g/mol. The number of hydrogen-bond donors (Lipinski definition) is 0. The van der Waals surface area contributed by atoms with Crippen LogP contribution in [0.25, 0.3) is 16.8 Å². The zero-order chi connectivity index (χ0) is 17.8. The number of fused-ring (bicyclic) bond motifs is 2. The summed E-state index contributed by atoms with van der Waals surface area (Å²) in [5, 5.41) is 2.67. The third-order valence-corrected chi connectivity index (χ3v) is 4.91. The predicted octanol–water partition coefficient (Wildman–Crippen LogP) is 7.34. The van der Waals surface area contributed by atoms with Crippen molar-refractivity contribution >= 4 is 16.8 Å². The minimum atomic E-state index is 0.615. The van der Waals surface area contributed by atoms with Crippen molar-refractivity contribution in [1.29, 1.82) is 0 Å². The van der Waals surface area contributed by atoms with Crippen molar-refractivity contribution < 1.29 is 0 Å². The lowest BCUT2D eigenvalue weighted by Crippen LogP contribution is -1.89. The van der Waals surface area contributed by atoms with Gasteiger partial charge in [-0.25, -0.2) is 0 Å². The van der Waals surface area contributed by atoms with E-state index < -0.39 is 0 Å². The van der Waals surface area contributed by atoms with Gasteiger partial charge in [0, 0.05) is 0 Å². The maximum Gasteiger partial charge on any atom is -0.00882 e. The molecule has 1 aliphatic rings. The van der Waals surface area contributed by atoms with Gasteiger partial charge in [0.05, 0.1) is 0 Å². The molecule has 0 aromatic heterocycles. The van der Waals surface area contributed by atoms with Crippen LogP contribution in [0, 0.1) is 0 Å². The lowest BCUT2D eigenvalue weighted by atomic mass is 9.99. The number of allylic oxidation sites excluding steroid dienone is 1. The normalized spacial score (nSPS) is 12.4. The second-order valence-corrected chi connectivity index (χ2v) is 7.48. The van der Waals surface area contributed by atoms with Gasteiger partial charge in [-0.15, -0.1) is 0 Å². The Bertz CT molecular complexity index is 881. The fourth-order valence-electron chi connectivity index (χ4n) is 3.19. The summed E-state index contributed by atoms with van der Waals surface area (Å²) in [5.74, 6) is 1.26. The van der Waals surface area contributed by atoms with Gasteiger partial charge in [0.1, 0.15) is 0 Å². The van der Waals surface area contributed by atoms with Crippen LogP contribution in [0.4, 0.5) is 0 Å². The van der Waals surface area contributed by atoms with Gasteiger partial charge in [-0.2, -0.15) is 0 Å². The molecular weight excluding hydrogens is 300 g/mol. The van der Waals surface area contributed by atoms with E-state index in [1.54, 1.807) is 0 Å². The van der Waals surface area contributed by atoms with Crippen LogP contribution >= 0.6 is 0 Å². The highest BCUT2D eigenvalue weighted by Crippen LogP contribution is 2.24. The Morgan fingerprint density at radius 1 is 0.680 bits per heavy atom. The zero-order valence-electron chi connectivity index (χ0n) is 15.8.